The number of fused-ring (bicyclic) bond motifs is 1. The van der Waals surface area contributed by atoms with Crippen LogP contribution in [0.3, 0.4) is 0 Å². The maximum Gasteiger partial charge on any atom is 0.261 e. The van der Waals surface area contributed by atoms with Gasteiger partial charge in [0.05, 0.1) is 6.26 Å². The Kier molecular flexibility index (Phi) is 5.64. The summed E-state index contributed by atoms with van der Waals surface area (Å²) in [7, 11) is 0. The molecule has 7 heteroatoms. The normalized spacial score (nSPS) is 17.9. The van der Waals surface area contributed by atoms with Gasteiger partial charge in [-0.3, -0.25) is 14.4 Å². The highest BCUT2D eigenvalue weighted by Gasteiger charge is 2.27. The van der Waals surface area contributed by atoms with Crippen LogP contribution in [0.25, 0.3) is 0 Å². The molecule has 2 amide bonds. The van der Waals surface area contributed by atoms with E-state index < -0.39 is 5.56 Å². The molecule has 0 saturated carbocycles. The van der Waals surface area contributed by atoms with Crippen LogP contribution in [0.5, 0.6) is 0 Å². The number of hydrogen-bond donors (Lipinski definition) is 2. The molecule has 2 aliphatic rings. The summed E-state index contributed by atoms with van der Waals surface area (Å²) in [4.78, 5) is 42.1. The van der Waals surface area contributed by atoms with Crippen LogP contribution in [0.2, 0.25) is 0 Å². The van der Waals surface area contributed by atoms with Gasteiger partial charge in [-0.25, -0.2) is 0 Å². The van der Waals surface area contributed by atoms with Gasteiger partial charge in [-0.15, -0.1) is 0 Å². The summed E-state index contributed by atoms with van der Waals surface area (Å²) >= 11 is 0. The lowest BCUT2D eigenvalue weighted by atomic mass is 9.95. The van der Waals surface area contributed by atoms with E-state index in [1.165, 1.54) is 0 Å². The average molecular weight is 395 g/mol. The van der Waals surface area contributed by atoms with Gasteiger partial charge in [0, 0.05) is 38.7 Å². The van der Waals surface area contributed by atoms with Crippen LogP contribution in [0.4, 0.5) is 0 Å². The Morgan fingerprint density at radius 2 is 2.24 bits per heavy atom. The van der Waals surface area contributed by atoms with Crippen molar-refractivity contribution in [2.45, 2.75) is 38.6 Å². The molecule has 0 fully saturated rings. The van der Waals surface area contributed by atoms with Gasteiger partial charge in [0.2, 0.25) is 5.91 Å². The predicted octanol–water partition coefficient (Wildman–Crippen LogP) is 2.18. The van der Waals surface area contributed by atoms with Gasteiger partial charge in [-0.2, -0.15) is 0 Å². The standard InChI is InChI=1S/C22H25N3O4/c26-19(12-15-4-1-2-5-15)25-10-8-18-16(14-25)13-24-22(28)20(18)21(27)23-9-7-17-6-3-11-29-17/h1,3-4,6,11,13,15H,2,5,7-10,12,14H2,(H,23,27)(H,24,28). The number of nitrogens with one attached hydrogen (secondary N) is 2. The first-order valence-corrected chi connectivity index (χ1v) is 10.1. The topological polar surface area (TPSA) is 95.4 Å². The van der Waals surface area contributed by atoms with Crippen molar-refractivity contribution < 1.29 is 14.0 Å². The SMILES string of the molecule is O=C(NCCc1ccco1)c1c2c(c[nH]c1=O)CN(C(=O)CC1C=CCC1)CC2. The van der Waals surface area contributed by atoms with E-state index in [9.17, 15) is 14.4 Å². The molecule has 0 saturated heterocycles. The van der Waals surface area contributed by atoms with Crippen LogP contribution in [-0.4, -0.2) is 34.8 Å². The number of pyridine rings is 1. The molecular weight excluding hydrogens is 370 g/mol. The molecule has 2 N–H and O–H groups in total. The van der Waals surface area contributed by atoms with E-state index in [0.717, 1.165) is 29.7 Å². The minimum absolute atomic E-state index is 0.128. The first-order chi connectivity index (χ1) is 14.1. The fourth-order valence-electron chi connectivity index (χ4n) is 4.08. The number of allylic oxidation sites excluding steroid dienone is 2. The highest BCUT2D eigenvalue weighted by Crippen LogP contribution is 2.24. The highest BCUT2D eigenvalue weighted by molar-refractivity contribution is 5.95. The number of H-pyrrole nitrogens is 1. The molecule has 0 spiro atoms. The molecular formula is C22H25N3O4. The molecule has 29 heavy (non-hydrogen) atoms. The maximum atomic E-state index is 12.7. The van der Waals surface area contributed by atoms with Crippen molar-refractivity contribution in [3.8, 4) is 0 Å². The summed E-state index contributed by atoms with van der Waals surface area (Å²) in [6.07, 6.45) is 11.1. The molecule has 7 nitrogen and oxygen atoms in total. The molecule has 0 aromatic carbocycles. The number of nitrogens with zero attached hydrogens (tertiary/aromatic N) is 1. The van der Waals surface area contributed by atoms with Gasteiger partial charge in [0.25, 0.3) is 11.5 Å². The largest absolute Gasteiger partial charge is 0.469 e. The fraction of sp³-hybridized carbons (Fsp3) is 0.409. The van der Waals surface area contributed by atoms with E-state index in [1.54, 1.807) is 18.5 Å². The summed E-state index contributed by atoms with van der Waals surface area (Å²) < 4.78 is 5.26. The Balaban J connectivity index is 1.43. The first kappa shape index (κ1) is 19.2. The highest BCUT2D eigenvalue weighted by atomic mass is 16.3. The minimum atomic E-state index is -0.393. The predicted molar refractivity (Wildman–Crippen MR) is 107 cm³/mol. The molecule has 1 aliphatic heterocycles. The zero-order valence-corrected chi connectivity index (χ0v) is 16.3. The van der Waals surface area contributed by atoms with E-state index in [4.69, 9.17) is 4.42 Å². The number of furan rings is 1. The maximum absolute atomic E-state index is 12.7. The van der Waals surface area contributed by atoms with E-state index in [1.807, 2.05) is 11.0 Å². The monoisotopic (exact) mass is 395 g/mol. The molecule has 1 aliphatic carbocycles. The number of hydrogen-bond acceptors (Lipinski definition) is 4. The van der Waals surface area contributed by atoms with Crippen molar-refractivity contribution in [1.82, 2.24) is 15.2 Å². The molecule has 4 rings (SSSR count). The van der Waals surface area contributed by atoms with Crippen LogP contribution in [-0.2, 0) is 24.2 Å². The van der Waals surface area contributed by atoms with E-state index in [2.05, 4.69) is 22.5 Å². The summed E-state index contributed by atoms with van der Waals surface area (Å²) in [6.45, 7) is 1.33. The lowest BCUT2D eigenvalue weighted by Crippen LogP contribution is -2.40. The number of rotatable bonds is 6. The molecule has 0 radical (unpaired) electrons. The molecule has 1 unspecified atom stereocenters. The average Bonchev–Trinajstić information content (AvgIpc) is 3.41. The van der Waals surface area contributed by atoms with Crippen LogP contribution in [0.1, 0.15) is 46.5 Å². The summed E-state index contributed by atoms with van der Waals surface area (Å²) in [5, 5.41) is 2.80. The Bertz CT molecular complexity index is 974. The second-order valence-electron chi connectivity index (χ2n) is 7.62. The third kappa shape index (κ3) is 4.34. The van der Waals surface area contributed by atoms with Crippen LogP contribution >= 0.6 is 0 Å². The van der Waals surface area contributed by atoms with Crippen LogP contribution < -0.4 is 10.9 Å². The van der Waals surface area contributed by atoms with Crippen molar-refractivity contribution in [2.75, 3.05) is 13.1 Å². The molecule has 0 bridgehead atoms. The van der Waals surface area contributed by atoms with Crippen molar-refractivity contribution in [2.24, 2.45) is 5.92 Å². The number of aromatic nitrogens is 1. The van der Waals surface area contributed by atoms with Crippen LogP contribution in [0.15, 0.2) is 46.0 Å². The lowest BCUT2D eigenvalue weighted by molar-refractivity contribution is -0.132. The fourth-order valence-corrected chi connectivity index (χ4v) is 4.08. The molecule has 2 aromatic rings. The number of carbonyl (C=O) groups excluding carboxylic acids is 2. The zero-order valence-electron chi connectivity index (χ0n) is 16.3. The van der Waals surface area contributed by atoms with E-state index >= 15 is 0 Å². The van der Waals surface area contributed by atoms with Crippen molar-refractivity contribution in [3.63, 3.8) is 0 Å². The number of aromatic amines is 1. The van der Waals surface area contributed by atoms with Crippen molar-refractivity contribution in [1.29, 1.82) is 0 Å². The van der Waals surface area contributed by atoms with Crippen molar-refractivity contribution in [3.05, 3.63) is 69.5 Å². The van der Waals surface area contributed by atoms with Crippen molar-refractivity contribution >= 4 is 11.8 Å². The van der Waals surface area contributed by atoms with Crippen LogP contribution in [0, 0.1) is 5.92 Å². The second-order valence-corrected chi connectivity index (χ2v) is 7.62. The molecule has 3 heterocycles. The minimum Gasteiger partial charge on any atom is -0.469 e. The quantitative estimate of drug-likeness (QED) is 0.733. The van der Waals surface area contributed by atoms with Gasteiger partial charge >= 0.3 is 0 Å². The van der Waals surface area contributed by atoms with Gasteiger partial charge in [0.15, 0.2) is 0 Å². The number of carbonyl (C=O) groups is 2. The van der Waals surface area contributed by atoms with Gasteiger partial charge in [0.1, 0.15) is 11.3 Å². The first-order valence-electron chi connectivity index (χ1n) is 10.1. The Hall–Kier alpha value is -3.09. The van der Waals surface area contributed by atoms with Gasteiger partial charge in [-0.05, 0) is 48.4 Å². The lowest BCUT2D eigenvalue weighted by Gasteiger charge is -2.30. The summed E-state index contributed by atoms with van der Waals surface area (Å²) in [6, 6.07) is 3.64. The van der Waals surface area contributed by atoms with E-state index in [-0.39, 0.29) is 17.4 Å². The molecule has 152 valence electrons. The Morgan fingerprint density at radius 3 is 3.00 bits per heavy atom. The Morgan fingerprint density at radius 1 is 1.34 bits per heavy atom. The van der Waals surface area contributed by atoms with E-state index in [0.29, 0.717) is 44.8 Å². The third-order valence-electron chi connectivity index (χ3n) is 5.65. The second kappa shape index (κ2) is 8.51. The molecule has 2 aromatic heterocycles. The number of amides is 2. The summed E-state index contributed by atoms with van der Waals surface area (Å²) in [5.41, 5.74) is 1.35. The smallest absolute Gasteiger partial charge is 0.261 e. The molecule has 1 atom stereocenters. The summed E-state index contributed by atoms with van der Waals surface area (Å²) in [5.74, 6) is 0.851. The zero-order chi connectivity index (χ0) is 20.2. The Labute approximate surface area is 168 Å². The van der Waals surface area contributed by atoms with Gasteiger partial charge < -0.3 is 19.6 Å². The van der Waals surface area contributed by atoms with Gasteiger partial charge in [-0.1, -0.05) is 12.2 Å². The third-order valence-corrected chi connectivity index (χ3v) is 5.65.